The zero-order valence-electron chi connectivity index (χ0n) is 13.4. The van der Waals surface area contributed by atoms with Crippen LogP contribution in [-0.4, -0.2) is 62.1 Å². The normalized spacial score (nSPS) is 25.5. The molecule has 0 saturated carbocycles. The standard InChI is InChI=1S/C16H17FN6O2/c17-11-6-20-15(21-7-11)22-12-5-16(25-9-12)1-4-23(10-16)14(24)13-8-18-2-3-19-13/h2-3,6-8,12H,1,4-5,9-10H2,(H,20,21,22)/t12-,16-/m1/s1. The van der Waals surface area contributed by atoms with E-state index in [1.54, 1.807) is 4.90 Å². The number of nitrogens with zero attached hydrogens (tertiary/aromatic N) is 5. The topological polar surface area (TPSA) is 93.1 Å². The average Bonchev–Trinajstić information content (AvgIpc) is 3.24. The third-order valence-electron chi connectivity index (χ3n) is 4.55. The number of hydrogen-bond acceptors (Lipinski definition) is 7. The van der Waals surface area contributed by atoms with Gasteiger partial charge >= 0.3 is 0 Å². The maximum atomic E-state index is 12.9. The summed E-state index contributed by atoms with van der Waals surface area (Å²) in [4.78, 5) is 30.1. The van der Waals surface area contributed by atoms with Crippen molar-refractivity contribution in [1.29, 1.82) is 0 Å². The van der Waals surface area contributed by atoms with E-state index in [2.05, 4.69) is 25.3 Å². The molecule has 1 spiro atoms. The first kappa shape index (κ1) is 15.8. The molecule has 0 radical (unpaired) electrons. The molecular weight excluding hydrogens is 327 g/mol. The van der Waals surface area contributed by atoms with Gasteiger partial charge in [-0.2, -0.15) is 0 Å². The van der Waals surface area contributed by atoms with E-state index in [1.165, 1.54) is 18.6 Å². The lowest BCUT2D eigenvalue weighted by Gasteiger charge is -2.23. The smallest absolute Gasteiger partial charge is 0.274 e. The van der Waals surface area contributed by atoms with Crippen molar-refractivity contribution in [2.24, 2.45) is 0 Å². The van der Waals surface area contributed by atoms with Gasteiger partial charge in [-0.1, -0.05) is 0 Å². The highest BCUT2D eigenvalue weighted by molar-refractivity contribution is 5.92. The van der Waals surface area contributed by atoms with Crippen LogP contribution >= 0.6 is 0 Å². The number of rotatable bonds is 3. The molecule has 2 aliphatic heterocycles. The van der Waals surface area contributed by atoms with Gasteiger partial charge in [0.15, 0.2) is 5.82 Å². The van der Waals surface area contributed by atoms with Gasteiger partial charge in [0.1, 0.15) is 5.69 Å². The quantitative estimate of drug-likeness (QED) is 0.884. The molecule has 2 saturated heterocycles. The number of halogens is 1. The maximum absolute atomic E-state index is 12.9. The van der Waals surface area contributed by atoms with Crippen molar-refractivity contribution in [3.63, 3.8) is 0 Å². The summed E-state index contributed by atoms with van der Waals surface area (Å²) in [6, 6.07) is 0.0250. The van der Waals surface area contributed by atoms with Crippen LogP contribution in [0.4, 0.5) is 10.3 Å². The fourth-order valence-corrected chi connectivity index (χ4v) is 3.38. The highest BCUT2D eigenvalue weighted by Crippen LogP contribution is 2.36. The molecule has 8 nitrogen and oxygen atoms in total. The fraction of sp³-hybridized carbons (Fsp3) is 0.438. The summed E-state index contributed by atoms with van der Waals surface area (Å²) >= 11 is 0. The Morgan fingerprint density at radius 2 is 2.12 bits per heavy atom. The predicted molar refractivity (Wildman–Crippen MR) is 85.3 cm³/mol. The monoisotopic (exact) mass is 344 g/mol. The number of anilines is 1. The summed E-state index contributed by atoms with van der Waals surface area (Å²) < 4.78 is 18.9. The van der Waals surface area contributed by atoms with Crippen LogP contribution in [0.1, 0.15) is 23.3 Å². The first-order chi connectivity index (χ1) is 12.1. The number of carbonyl (C=O) groups is 1. The summed E-state index contributed by atoms with van der Waals surface area (Å²) in [7, 11) is 0. The van der Waals surface area contributed by atoms with Crippen molar-refractivity contribution in [3.05, 3.63) is 42.5 Å². The predicted octanol–water partition coefficient (Wildman–Crippen LogP) is 0.891. The van der Waals surface area contributed by atoms with Crippen LogP contribution in [0.15, 0.2) is 31.0 Å². The number of aromatic nitrogens is 4. The molecule has 4 rings (SSSR count). The van der Waals surface area contributed by atoms with E-state index in [1.807, 2.05) is 0 Å². The van der Waals surface area contributed by atoms with Crippen molar-refractivity contribution in [3.8, 4) is 0 Å². The molecule has 130 valence electrons. The molecule has 0 aromatic carbocycles. The van der Waals surface area contributed by atoms with Gasteiger partial charge in [-0.05, 0) is 6.42 Å². The fourth-order valence-electron chi connectivity index (χ4n) is 3.38. The molecule has 0 bridgehead atoms. The first-order valence-electron chi connectivity index (χ1n) is 8.07. The third-order valence-corrected chi connectivity index (χ3v) is 4.55. The molecule has 2 aromatic rings. The van der Waals surface area contributed by atoms with Gasteiger partial charge in [-0.3, -0.25) is 9.78 Å². The average molecular weight is 344 g/mol. The second-order valence-corrected chi connectivity index (χ2v) is 6.33. The number of hydrogen-bond donors (Lipinski definition) is 1. The molecule has 2 aliphatic rings. The Balaban J connectivity index is 1.38. The largest absolute Gasteiger partial charge is 0.371 e. The molecule has 0 aliphatic carbocycles. The van der Waals surface area contributed by atoms with Crippen LogP contribution in [0.5, 0.6) is 0 Å². The van der Waals surface area contributed by atoms with Gasteiger partial charge < -0.3 is 15.0 Å². The summed E-state index contributed by atoms with van der Waals surface area (Å²) in [6.07, 6.45) is 8.26. The second kappa shape index (κ2) is 6.32. The van der Waals surface area contributed by atoms with Gasteiger partial charge in [0.05, 0.1) is 43.4 Å². The molecule has 1 amide bonds. The van der Waals surface area contributed by atoms with E-state index >= 15 is 0 Å². The highest BCUT2D eigenvalue weighted by atomic mass is 19.1. The number of carbonyl (C=O) groups excluding carboxylic acids is 1. The molecule has 2 atom stereocenters. The Morgan fingerprint density at radius 3 is 2.88 bits per heavy atom. The molecule has 25 heavy (non-hydrogen) atoms. The molecule has 9 heteroatoms. The van der Waals surface area contributed by atoms with Crippen LogP contribution in [0, 0.1) is 5.82 Å². The summed E-state index contributed by atoms with van der Waals surface area (Å²) in [5.41, 5.74) is -0.0258. The number of ether oxygens (including phenoxy) is 1. The van der Waals surface area contributed by atoms with E-state index in [4.69, 9.17) is 4.74 Å². The Labute approximate surface area is 143 Å². The molecule has 4 heterocycles. The minimum Gasteiger partial charge on any atom is -0.371 e. The molecule has 2 aromatic heterocycles. The lowest BCUT2D eigenvalue weighted by Crippen LogP contribution is -2.36. The molecular formula is C16H17FN6O2. The number of likely N-dealkylation sites (tertiary alicyclic amines) is 1. The van der Waals surface area contributed by atoms with Gasteiger partial charge in [-0.15, -0.1) is 0 Å². The van der Waals surface area contributed by atoms with Crippen LogP contribution < -0.4 is 5.32 Å². The summed E-state index contributed by atoms with van der Waals surface area (Å²) in [5.74, 6) is -0.233. The van der Waals surface area contributed by atoms with Crippen LogP contribution in [0.3, 0.4) is 0 Å². The number of nitrogens with one attached hydrogen (secondary N) is 1. The minimum atomic E-state index is -0.473. The van der Waals surface area contributed by atoms with Crippen molar-refractivity contribution in [1.82, 2.24) is 24.8 Å². The number of amides is 1. The Hall–Kier alpha value is -2.68. The second-order valence-electron chi connectivity index (χ2n) is 6.33. The summed E-state index contributed by atoms with van der Waals surface area (Å²) in [5, 5.41) is 3.16. The summed E-state index contributed by atoms with van der Waals surface area (Å²) in [6.45, 7) is 1.63. The first-order valence-corrected chi connectivity index (χ1v) is 8.07. The van der Waals surface area contributed by atoms with E-state index in [-0.39, 0.29) is 17.6 Å². The van der Waals surface area contributed by atoms with E-state index in [9.17, 15) is 9.18 Å². The Bertz CT molecular complexity index is 759. The molecule has 2 fully saturated rings. The Kier molecular flexibility index (Phi) is 4.00. The molecule has 1 N–H and O–H groups in total. The van der Waals surface area contributed by atoms with Crippen LogP contribution in [0.2, 0.25) is 0 Å². The van der Waals surface area contributed by atoms with E-state index in [0.717, 1.165) is 25.2 Å². The zero-order valence-corrected chi connectivity index (χ0v) is 13.4. The highest BCUT2D eigenvalue weighted by Gasteiger charge is 2.47. The SMILES string of the molecule is O=C(c1cnccn1)N1CC[C@@]2(C[C@@H](Nc3ncc(F)cn3)CO2)C1. The van der Waals surface area contributed by atoms with Gasteiger partial charge in [0.2, 0.25) is 5.95 Å². The minimum absolute atomic E-state index is 0.0250. The lowest BCUT2D eigenvalue weighted by molar-refractivity contribution is 0.0124. The van der Waals surface area contributed by atoms with Gasteiger partial charge in [0, 0.05) is 25.4 Å². The Morgan fingerprint density at radius 1 is 1.28 bits per heavy atom. The van der Waals surface area contributed by atoms with Gasteiger partial charge in [-0.25, -0.2) is 19.3 Å². The van der Waals surface area contributed by atoms with Gasteiger partial charge in [0.25, 0.3) is 5.91 Å². The van der Waals surface area contributed by atoms with Crippen molar-refractivity contribution in [2.75, 3.05) is 25.0 Å². The maximum Gasteiger partial charge on any atom is 0.274 e. The third kappa shape index (κ3) is 3.27. The zero-order chi connectivity index (χ0) is 17.3. The van der Waals surface area contributed by atoms with Crippen molar-refractivity contribution >= 4 is 11.9 Å². The van der Waals surface area contributed by atoms with E-state index in [0.29, 0.717) is 31.3 Å². The van der Waals surface area contributed by atoms with Crippen molar-refractivity contribution < 1.29 is 13.9 Å². The van der Waals surface area contributed by atoms with Crippen LogP contribution in [0.25, 0.3) is 0 Å². The lowest BCUT2D eigenvalue weighted by atomic mass is 9.97. The van der Waals surface area contributed by atoms with Crippen LogP contribution in [-0.2, 0) is 4.74 Å². The van der Waals surface area contributed by atoms with E-state index < -0.39 is 5.82 Å². The molecule has 0 unspecified atom stereocenters. The van der Waals surface area contributed by atoms with Crippen molar-refractivity contribution in [2.45, 2.75) is 24.5 Å².